The number of rotatable bonds is 4. The number of carboxylic acid groups (broad SMARTS) is 1. The molecule has 1 atom stereocenters. The summed E-state index contributed by atoms with van der Waals surface area (Å²) >= 11 is 0. The fraction of sp³-hybridized carbons (Fsp3) is 0.353. The first-order valence-corrected chi connectivity index (χ1v) is 9.10. The molecule has 0 spiro atoms. The Morgan fingerprint density at radius 1 is 1.29 bits per heavy atom. The number of carbonyl (C=O) groups is 1. The number of hydrogen-bond acceptors (Lipinski definition) is 4. The third-order valence-electron chi connectivity index (χ3n) is 4.30. The number of carboxylic acids is 1. The Morgan fingerprint density at radius 2 is 1.96 bits per heavy atom. The van der Waals surface area contributed by atoms with E-state index >= 15 is 0 Å². The van der Waals surface area contributed by atoms with Crippen LogP contribution in [-0.2, 0) is 27.8 Å². The highest BCUT2D eigenvalue weighted by Gasteiger charge is 2.38. The molecule has 1 aliphatic heterocycles. The van der Waals surface area contributed by atoms with Crippen LogP contribution in [0.3, 0.4) is 0 Å². The van der Waals surface area contributed by atoms with Gasteiger partial charge in [0.25, 0.3) is 0 Å². The number of sulfonamides is 1. The van der Waals surface area contributed by atoms with E-state index in [1.54, 1.807) is 13.8 Å². The second-order valence-corrected chi connectivity index (χ2v) is 7.91. The van der Waals surface area contributed by atoms with Crippen LogP contribution in [0.1, 0.15) is 29.1 Å². The van der Waals surface area contributed by atoms with E-state index in [-0.39, 0.29) is 17.9 Å². The molecule has 0 bridgehead atoms. The summed E-state index contributed by atoms with van der Waals surface area (Å²) in [4.78, 5) is 11.3. The summed E-state index contributed by atoms with van der Waals surface area (Å²) in [7, 11) is -3.83. The van der Waals surface area contributed by atoms with Crippen molar-refractivity contribution in [1.82, 2.24) is 4.31 Å². The van der Waals surface area contributed by atoms with Gasteiger partial charge in [-0.25, -0.2) is 8.42 Å². The summed E-state index contributed by atoms with van der Waals surface area (Å²) in [6.07, 6.45) is 0.154. The van der Waals surface area contributed by atoms with E-state index in [2.05, 4.69) is 0 Å². The summed E-state index contributed by atoms with van der Waals surface area (Å²) in [5, 5.41) is 9.19. The molecule has 1 aromatic heterocycles. The van der Waals surface area contributed by atoms with E-state index in [9.17, 15) is 18.3 Å². The van der Waals surface area contributed by atoms with Gasteiger partial charge < -0.3 is 9.52 Å². The molecule has 1 N–H and O–H groups in total. The number of hydrogen-bond donors (Lipinski definition) is 1. The lowest BCUT2D eigenvalue weighted by Gasteiger charge is -2.35. The summed E-state index contributed by atoms with van der Waals surface area (Å²) in [5.41, 5.74) is 1.90. The number of furan rings is 1. The molecule has 0 radical (unpaired) electrons. The quantitative estimate of drug-likeness (QED) is 0.916. The van der Waals surface area contributed by atoms with Gasteiger partial charge in [-0.15, -0.1) is 0 Å². The number of nitrogens with zero attached hydrogens (tertiary/aromatic N) is 1. The summed E-state index contributed by atoms with van der Waals surface area (Å²) < 4.78 is 32.8. The van der Waals surface area contributed by atoms with E-state index < -0.39 is 22.0 Å². The average molecular weight is 349 g/mol. The van der Waals surface area contributed by atoms with Crippen LogP contribution in [0.25, 0.3) is 0 Å². The van der Waals surface area contributed by atoms with Crippen molar-refractivity contribution in [2.45, 2.75) is 44.2 Å². The van der Waals surface area contributed by atoms with E-state index in [0.717, 1.165) is 11.1 Å². The lowest BCUT2D eigenvalue weighted by atomic mass is 9.94. The maximum atomic E-state index is 13.1. The molecule has 24 heavy (non-hydrogen) atoms. The van der Waals surface area contributed by atoms with E-state index in [4.69, 9.17) is 4.42 Å². The van der Waals surface area contributed by atoms with Gasteiger partial charge in [-0.3, -0.25) is 4.79 Å². The standard InChI is InChI=1S/C17H19NO5S/c1-11-7-16(12(2)23-11)24(21,22)18-10-14-6-4-3-5-13(14)8-15(18)9-17(19)20/h3-7,15H,8-10H2,1-2H3,(H,19,20)/t15-/m0/s1. The second-order valence-electron chi connectivity index (χ2n) is 6.05. The van der Waals surface area contributed by atoms with Gasteiger partial charge in [-0.05, 0) is 37.5 Å². The Balaban J connectivity index is 2.05. The highest BCUT2D eigenvalue weighted by molar-refractivity contribution is 7.89. The zero-order valence-corrected chi connectivity index (χ0v) is 14.3. The van der Waals surface area contributed by atoms with Crippen molar-refractivity contribution >= 4 is 16.0 Å². The van der Waals surface area contributed by atoms with Crippen LogP contribution in [0.4, 0.5) is 0 Å². The van der Waals surface area contributed by atoms with E-state index in [1.807, 2.05) is 24.3 Å². The van der Waals surface area contributed by atoms with Crippen molar-refractivity contribution in [2.75, 3.05) is 0 Å². The predicted octanol–water partition coefficient (Wildman–Crippen LogP) is 2.49. The molecule has 0 saturated heterocycles. The first kappa shape index (κ1) is 16.7. The summed E-state index contributed by atoms with van der Waals surface area (Å²) in [6, 6.07) is 8.41. The van der Waals surface area contributed by atoms with Gasteiger partial charge in [0.1, 0.15) is 16.4 Å². The average Bonchev–Trinajstić information content (AvgIpc) is 2.85. The topological polar surface area (TPSA) is 87.8 Å². The molecule has 6 nitrogen and oxygen atoms in total. The molecule has 1 aliphatic rings. The molecule has 2 heterocycles. The van der Waals surface area contributed by atoms with Gasteiger partial charge in [-0.1, -0.05) is 24.3 Å². The number of aliphatic carboxylic acids is 1. The minimum atomic E-state index is -3.83. The Bertz CT molecular complexity index is 884. The Labute approximate surface area is 140 Å². The molecule has 3 rings (SSSR count). The lowest BCUT2D eigenvalue weighted by Crippen LogP contribution is -2.45. The molecule has 0 fully saturated rings. The fourth-order valence-electron chi connectivity index (χ4n) is 3.21. The van der Waals surface area contributed by atoms with E-state index in [0.29, 0.717) is 17.9 Å². The molecular formula is C17H19NO5S. The van der Waals surface area contributed by atoms with Gasteiger partial charge in [0.05, 0.1) is 6.42 Å². The van der Waals surface area contributed by atoms with Crippen LogP contribution in [0.2, 0.25) is 0 Å². The number of benzene rings is 1. The minimum Gasteiger partial charge on any atom is -0.481 e. The maximum Gasteiger partial charge on any atom is 0.304 e. The molecule has 2 aromatic rings. The van der Waals surface area contributed by atoms with Gasteiger partial charge in [0.2, 0.25) is 10.0 Å². The molecule has 0 unspecified atom stereocenters. The van der Waals surface area contributed by atoms with E-state index in [1.165, 1.54) is 10.4 Å². The zero-order chi connectivity index (χ0) is 17.5. The normalized spacial score (nSPS) is 18.3. The zero-order valence-electron chi connectivity index (χ0n) is 13.5. The van der Waals surface area contributed by atoms with Crippen LogP contribution >= 0.6 is 0 Å². The van der Waals surface area contributed by atoms with Crippen LogP contribution < -0.4 is 0 Å². The lowest BCUT2D eigenvalue weighted by molar-refractivity contribution is -0.138. The molecule has 0 amide bonds. The Kier molecular flexibility index (Phi) is 4.23. The monoisotopic (exact) mass is 349 g/mol. The van der Waals surface area contributed by atoms with Crippen molar-refractivity contribution in [3.05, 3.63) is 53.0 Å². The Hall–Kier alpha value is -2.12. The van der Waals surface area contributed by atoms with Gasteiger partial charge in [0, 0.05) is 12.6 Å². The number of fused-ring (bicyclic) bond motifs is 1. The van der Waals surface area contributed by atoms with Crippen molar-refractivity contribution in [3.8, 4) is 0 Å². The highest BCUT2D eigenvalue weighted by atomic mass is 32.2. The summed E-state index contributed by atoms with van der Waals surface area (Å²) in [6.45, 7) is 3.45. The smallest absolute Gasteiger partial charge is 0.304 e. The number of aryl methyl sites for hydroxylation is 2. The van der Waals surface area contributed by atoms with Crippen molar-refractivity contribution < 1.29 is 22.7 Å². The SMILES string of the molecule is Cc1cc(S(=O)(=O)N2Cc3ccccc3C[C@H]2CC(=O)O)c(C)o1. The largest absolute Gasteiger partial charge is 0.481 e. The van der Waals surface area contributed by atoms with Crippen LogP contribution in [0.5, 0.6) is 0 Å². The predicted molar refractivity (Wildman–Crippen MR) is 87.1 cm³/mol. The fourth-order valence-corrected chi connectivity index (χ4v) is 5.03. The van der Waals surface area contributed by atoms with Gasteiger partial charge >= 0.3 is 5.97 Å². The van der Waals surface area contributed by atoms with Crippen molar-refractivity contribution in [1.29, 1.82) is 0 Å². The van der Waals surface area contributed by atoms with Crippen molar-refractivity contribution in [3.63, 3.8) is 0 Å². The van der Waals surface area contributed by atoms with Crippen LogP contribution in [0, 0.1) is 13.8 Å². The first-order chi connectivity index (χ1) is 11.3. The van der Waals surface area contributed by atoms with Crippen LogP contribution in [-0.4, -0.2) is 29.8 Å². The molecule has 1 aromatic carbocycles. The minimum absolute atomic E-state index is 0.106. The highest BCUT2D eigenvalue weighted by Crippen LogP contribution is 2.32. The first-order valence-electron chi connectivity index (χ1n) is 7.66. The second kappa shape index (κ2) is 6.07. The molecule has 7 heteroatoms. The van der Waals surface area contributed by atoms with Crippen LogP contribution in [0.15, 0.2) is 39.6 Å². The Morgan fingerprint density at radius 3 is 2.54 bits per heavy atom. The van der Waals surface area contributed by atoms with Gasteiger partial charge in [-0.2, -0.15) is 4.31 Å². The molecule has 128 valence electrons. The molecular weight excluding hydrogens is 330 g/mol. The maximum absolute atomic E-state index is 13.1. The molecule has 0 saturated carbocycles. The third kappa shape index (κ3) is 2.97. The van der Waals surface area contributed by atoms with Gasteiger partial charge in [0.15, 0.2) is 0 Å². The van der Waals surface area contributed by atoms with Crippen molar-refractivity contribution in [2.24, 2.45) is 0 Å². The summed E-state index contributed by atoms with van der Waals surface area (Å²) in [5.74, 6) is -0.182. The molecule has 0 aliphatic carbocycles. The third-order valence-corrected chi connectivity index (χ3v) is 6.31.